The number of ether oxygens (including phenoxy) is 1. The molecule has 16 heavy (non-hydrogen) atoms. The van der Waals surface area contributed by atoms with Crippen LogP contribution in [0.25, 0.3) is 0 Å². The van der Waals surface area contributed by atoms with E-state index in [1.807, 2.05) is 6.92 Å². The van der Waals surface area contributed by atoms with E-state index in [-0.39, 0.29) is 0 Å². The molecule has 0 aliphatic heterocycles. The Balaban J connectivity index is 3.11. The van der Waals surface area contributed by atoms with Crippen LogP contribution in [0, 0.1) is 0 Å². The van der Waals surface area contributed by atoms with E-state index in [9.17, 15) is 3.08 Å². The molecule has 4 heteroatoms. The molecule has 0 saturated heterocycles. The van der Waals surface area contributed by atoms with E-state index in [2.05, 4.69) is 6.92 Å². The van der Waals surface area contributed by atoms with E-state index < -0.39 is 20.2 Å². The van der Waals surface area contributed by atoms with Crippen molar-refractivity contribution in [3.8, 4) is 0 Å². The maximum atomic E-state index is 11.5. The molecule has 0 aromatic rings. The van der Waals surface area contributed by atoms with Crippen LogP contribution in [0.4, 0.5) is 0 Å². The van der Waals surface area contributed by atoms with E-state index in [4.69, 9.17) is 7.81 Å². The van der Waals surface area contributed by atoms with Crippen LogP contribution in [0.1, 0.15) is 52.4 Å². The first-order valence-corrected chi connectivity index (χ1v) is 10.9. The second kappa shape index (κ2) is 13.6. The van der Waals surface area contributed by atoms with E-state index in [0.29, 0.717) is 19.8 Å². The Morgan fingerprint density at radius 3 is 2.31 bits per heavy atom. The van der Waals surface area contributed by atoms with Crippen molar-refractivity contribution in [2.75, 3.05) is 19.8 Å². The summed E-state index contributed by atoms with van der Waals surface area (Å²) in [5, 5.41) is 0. The van der Waals surface area contributed by atoms with E-state index in [1.165, 1.54) is 32.1 Å². The third-order valence-electron chi connectivity index (χ3n) is 2.43. The number of rotatable bonds is 12. The molecule has 0 saturated carbocycles. The van der Waals surface area contributed by atoms with Gasteiger partial charge in [0.05, 0.1) is 0 Å². The zero-order valence-corrected chi connectivity index (χ0v) is 13.6. The zero-order chi connectivity index (χ0) is 12.1. The third-order valence-corrected chi connectivity index (χ3v) is 6.11. The Morgan fingerprint density at radius 2 is 1.62 bits per heavy atom. The van der Waals surface area contributed by atoms with E-state index in [0.717, 1.165) is 10.9 Å². The van der Waals surface area contributed by atoms with Gasteiger partial charge in [0.1, 0.15) is 0 Å². The standard InChI is InChI=1S/C8H17.C4H9O2.O.Sn/c1-3-5-7-8-6-4-2;1-2-6-4-3-5;;/h1,3-8H2,2H3;2-4H2,1H3;;/q;-1;;+1. The van der Waals surface area contributed by atoms with Gasteiger partial charge in [-0.3, -0.25) is 0 Å². The molecule has 0 aliphatic carbocycles. The van der Waals surface area contributed by atoms with Gasteiger partial charge in [0.15, 0.2) is 0 Å². The molecule has 0 heterocycles. The predicted octanol–water partition coefficient (Wildman–Crippen LogP) is 3.32. The van der Waals surface area contributed by atoms with Crippen LogP contribution in [0.2, 0.25) is 4.44 Å². The Hall–Kier alpha value is 0.519. The molecular formula is C12H26O3Sn. The molecule has 0 unspecified atom stereocenters. The molecule has 0 fully saturated rings. The summed E-state index contributed by atoms with van der Waals surface area (Å²) in [6.45, 7) is 5.97. The van der Waals surface area contributed by atoms with Crippen molar-refractivity contribution in [2.45, 2.75) is 56.8 Å². The molecule has 3 nitrogen and oxygen atoms in total. The first-order chi connectivity index (χ1) is 7.81. The first kappa shape index (κ1) is 16.5. The minimum atomic E-state index is -2.67. The number of hydrogen-bond acceptors (Lipinski definition) is 3. The molecule has 0 amide bonds. The summed E-state index contributed by atoms with van der Waals surface area (Å²) < 4.78 is 22.7. The fourth-order valence-corrected chi connectivity index (χ4v) is 4.32. The molecule has 0 aromatic heterocycles. The second-order valence-corrected chi connectivity index (χ2v) is 8.31. The van der Waals surface area contributed by atoms with Gasteiger partial charge in [-0.05, 0) is 0 Å². The summed E-state index contributed by atoms with van der Waals surface area (Å²) in [4.78, 5) is 0. The van der Waals surface area contributed by atoms with Crippen molar-refractivity contribution in [2.24, 2.45) is 0 Å². The molecule has 0 aliphatic rings. The van der Waals surface area contributed by atoms with Crippen LogP contribution >= 0.6 is 0 Å². The van der Waals surface area contributed by atoms with Crippen LogP contribution in [-0.4, -0.2) is 40.0 Å². The minimum absolute atomic E-state index is 0.516. The van der Waals surface area contributed by atoms with Gasteiger partial charge < -0.3 is 0 Å². The summed E-state index contributed by atoms with van der Waals surface area (Å²) in [6, 6.07) is 0. The van der Waals surface area contributed by atoms with Gasteiger partial charge in [-0.1, -0.05) is 0 Å². The summed E-state index contributed by atoms with van der Waals surface area (Å²) in [5.74, 6) is 0. The topological polar surface area (TPSA) is 35.5 Å². The van der Waals surface area contributed by atoms with Gasteiger partial charge in [-0.25, -0.2) is 0 Å². The average Bonchev–Trinajstić information content (AvgIpc) is 2.29. The van der Waals surface area contributed by atoms with E-state index in [1.54, 1.807) is 0 Å². The first-order valence-electron chi connectivity index (χ1n) is 6.54. The van der Waals surface area contributed by atoms with Crippen molar-refractivity contribution < 1.29 is 10.9 Å². The zero-order valence-electron chi connectivity index (χ0n) is 10.8. The predicted molar refractivity (Wildman–Crippen MR) is 67.1 cm³/mol. The van der Waals surface area contributed by atoms with Gasteiger partial charge in [-0.15, -0.1) is 0 Å². The third kappa shape index (κ3) is 12.6. The van der Waals surface area contributed by atoms with Gasteiger partial charge in [-0.2, -0.15) is 0 Å². The van der Waals surface area contributed by atoms with Crippen molar-refractivity contribution >= 4 is 20.2 Å². The van der Waals surface area contributed by atoms with Crippen LogP contribution in [-0.2, 0) is 10.9 Å². The van der Waals surface area contributed by atoms with Crippen molar-refractivity contribution in [3.63, 3.8) is 0 Å². The van der Waals surface area contributed by atoms with Gasteiger partial charge >= 0.3 is 108 Å². The number of unbranched alkanes of at least 4 members (excludes halogenated alkanes) is 5. The Kier molecular flexibility index (Phi) is 14.0. The number of hydrogen-bond donors (Lipinski definition) is 0. The van der Waals surface area contributed by atoms with Gasteiger partial charge in [0.2, 0.25) is 0 Å². The van der Waals surface area contributed by atoms with Crippen LogP contribution in [0.15, 0.2) is 0 Å². The summed E-state index contributed by atoms with van der Waals surface area (Å²) >= 11 is -2.67. The van der Waals surface area contributed by atoms with Gasteiger partial charge in [0.25, 0.3) is 0 Å². The fraction of sp³-hybridized carbons (Fsp3) is 1.00. The normalized spacial score (nSPS) is 10.6. The van der Waals surface area contributed by atoms with E-state index >= 15 is 0 Å². The molecule has 0 atom stereocenters. The van der Waals surface area contributed by atoms with Crippen molar-refractivity contribution in [1.82, 2.24) is 0 Å². The summed E-state index contributed by atoms with van der Waals surface area (Å²) in [6.07, 6.45) is 7.50. The maximum absolute atomic E-state index is 11.5. The quantitative estimate of drug-likeness (QED) is 0.405. The van der Waals surface area contributed by atoms with Crippen LogP contribution in [0.5, 0.6) is 0 Å². The molecule has 0 aromatic carbocycles. The monoisotopic (exact) mass is 338 g/mol. The van der Waals surface area contributed by atoms with Crippen LogP contribution < -0.4 is 0 Å². The Labute approximate surface area is 108 Å². The molecule has 96 valence electrons. The van der Waals surface area contributed by atoms with Gasteiger partial charge in [0, 0.05) is 0 Å². The molecule has 0 rings (SSSR count). The summed E-state index contributed by atoms with van der Waals surface area (Å²) in [5.41, 5.74) is 0. The second-order valence-electron chi connectivity index (χ2n) is 3.94. The molecule has 0 radical (unpaired) electrons. The van der Waals surface area contributed by atoms with Crippen molar-refractivity contribution in [3.05, 3.63) is 0 Å². The molecular weight excluding hydrogens is 311 g/mol. The fourth-order valence-electron chi connectivity index (χ4n) is 1.48. The summed E-state index contributed by atoms with van der Waals surface area (Å²) in [7, 11) is 0. The Bertz CT molecular complexity index is 162. The molecule has 0 bridgehead atoms. The molecule has 0 N–H and O–H groups in total. The molecule has 0 spiro atoms. The van der Waals surface area contributed by atoms with Crippen LogP contribution in [0.3, 0.4) is 0 Å². The Morgan fingerprint density at radius 1 is 0.938 bits per heavy atom. The average molecular weight is 337 g/mol. The SMILES string of the molecule is CCCCCCC[CH2][Sn](=[O])[O]CCOCC. The van der Waals surface area contributed by atoms with Crippen molar-refractivity contribution in [1.29, 1.82) is 0 Å².